The van der Waals surface area contributed by atoms with Crippen molar-refractivity contribution in [2.24, 2.45) is 5.92 Å². The Labute approximate surface area is 114 Å². The summed E-state index contributed by atoms with van der Waals surface area (Å²) in [6, 6.07) is 8.61. The zero-order valence-corrected chi connectivity index (χ0v) is 12.4. The summed E-state index contributed by atoms with van der Waals surface area (Å²) in [6.45, 7) is 5.54. The van der Waals surface area contributed by atoms with Crippen molar-refractivity contribution >= 4 is 23.4 Å². The van der Waals surface area contributed by atoms with Crippen LogP contribution < -0.4 is 5.32 Å². The fourth-order valence-corrected chi connectivity index (χ4v) is 2.92. The summed E-state index contributed by atoms with van der Waals surface area (Å²) >= 11 is 7.97. The van der Waals surface area contributed by atoms with Crippen LogP contribution in [0.5, 0.6) is 0 Å². The van der Waals surface area contributed by atoms with E-state index in [9.17, 15) is 0 Å². The topological polar surface area (TPSA) is 12.0 Å². The van der Waals surface area contributed by atoms with Crippen molar-refractivity contribution in [3.05, 3.63) is 34.9 Å². The van der Waals surface area contributed by atoms with Crippen LogP contribution >= 0.6 is 23.4 Å². The van der Waals surface area contributed by atoms with Gasteiger partial charge in [0.25, 0.3) is 0 Å². The minimum atomic E-state index is 0.404. The Morgan fingerprint density at radius 2 is 2.18 bits per heavy atom. The predicted octanol–water partition coefficient (Wildman–Crippen LogP) is 4.38. The van der Waals surface area contributed by atoms with Crippen LogP contribution in [-0.2, 0) is 0 Å². The number of rotatable bonds is 7. The lowest BCUT2D eigenvalue weighted by Crippen LogP contribution is -2.28. The van der Waals surface area contributed by atoms with Crippen LogP contribution in [0.15, 0.2) is 24.3 Å². The second kappa shape index (κ2) is 8.02. The SMILES string of the molecule is CCCNC(c1cccc(Cl)c1)C(C)CSC. The lowest BCUT2D eigenvalue weighted by atomic mass is 9.96. The number of thioether (sulfide) groups is 1. The van der Waals surface area contributed by atoms with E-state index >= 15 is 0 Å². The molecule has 3 heteroatoms. The van der Waals surface area contributed by atoms with Crippen LogP contribution in [-0.4, -0.2) is 18.6 Å². The zero-order chi connectivity index (χ0) is 12.7. The Morgan fingerprint density at radius 3 is 2.76 bits per heavy atom. The van der Waals surface area contributed by atoms with Crippen molar-refractivity contribution in [3.63, 3.8) is 0 Å². The first-order valence-electron chi connectivity index (χ1n) is 6.16. The minimum Gasteiger partial charge on any atom is -0.310 e. The van der Waals surface area contributed by atoms with Gasteiger partial charge in [-0.3, -0.25) is 0 Å². The van der Waals surface area contributed by atoms with Crippen molar-refractivity contribution in [1.29, 1.82) is 0 Å². The van der Waals surface area contributed by atoms with Gasteiger partial charge in [0.15, 0.2) is 0 Å². The molecule has 0 amide bonds. The molecule has 1 aromatic rings. The lowest BCUT2D eigenvalue weighted by Gasteiger charge is -2.25. The lowest BCUT2D eigenvalue weighted by molar-refractivity contribution is 0.418. The molecule has 0 bridgehead atoms. The molecule has 96 valence electrons. The average molecular weight is 272 g/mol. The standard InChI is InChI=1S/C14H22ClNS/c1-4-8-16-14(11(2)10-17-3)12-6-5-7-13(15)9-12/h5-7,9,11,14,16H,4,8,10H2,1-3H3. The molecule has 0 aliphatic heterocycles. The van der Waals surface area contributed by atoms with Crippen molar-refractivity contribution in [2.75, 3.05) is 18.6 Å². The van der Waals surface area contributed by atoms with Crippen LogP contribution in [0.2, 0.25) is 5.02 Å². The van der Waals surface area contributed by atoms with Gasteiger partial charge >= 0.3 is 0 Å². The van der Waals surface area contributed by atoms with E-state index < -0.39 is 0 Å². The Balaban J connectivity index is 2.81. The fourth-order valence-electron chi connectivity index (χ4n) is 2.01. The van der Waals surface area contributed by atoms with E-state index in [2.05, 4.69) is 37.6 Å². The molecule has 0 saturated heterocycles. The Morgan fingerprint density at radius 1 is 1.41 bits per heavy atom. The average Bonchev–Trinajstić information content (AvgIpc) is 2.30. The summed E-state index contributed by atoms with van der Waals surface area (Å²) < 4.78 is 0. The van der Waals surface area contributed by atoms with Crippen LogP contribution in [0, 0.1) is 5.92 Å². The van der Waals surface area contributed by atoms with Crippen molar-refractivity contribution in [2.45, 2.75) is 26.3 Å². The number of nitrogens with one attached hydrogen (secondary N) is 1. The van der Waals surface area contributed by atoms with Crippen molar-refractivity contribution < 1.29 is 0 Å². The van der Waals surface area contributed by atoms with E-state index in [0.717, 1.165) is 23.7 Å². The molecule has 2 atom stereocenters. The maximum Gasteiger partial charge on any atom is 0.0409 e. The molecule has 0 aliphatic rings. The third kappa shape index (κ3) is 4.90. The zero-order valence-electron chi connectivity index (χ0n) is 10.9. The van der Waals surface area contributed by atoms with E-state index in [1.807, 2.05) is 23.9 Å². The second-order valence-corrected chi connectivity index (χ2v) is 5.77. The molecule has 0 heterocycles. The fraction of sp³-hybridized carbons (Fsp3) is 0.571. The van der Waals surface area contributed by atoms with Gasteiger partial charge in [-0.15, -0.1) is 0 Å². The summed E-state index contributed by atoms with van der Waals surface area (Å²) in [6.07, 6.45) is 3.31. The van der Waals surface area contributed by atoms with Gasteiger partial charge in [0.1, 0.15) is 0 Å². The number of halogens is 1. The molecule has 1 rings (SSSR count). The summed E-state index contributed by atoms with van der Waals surface area (Å²) in [7, 11) is 0. The van der Waals surface area contributed by atoms with E-state index in [-0.39, 0.29) is 0 Å². The van der Waals surface area contributed by atoms with Gasteiger partial charge in [-0.1, -0.05) is 37.6 Å². The minimum absolute atomic E-state index is 0.404. The molecule has 0 saturated carbocycles. The molecule has 2 unspecified atom stereocenters. The van der Waals surface area contributed by atoms with Crippen LogP contribution in [0.25, 0.3) is 0 Å². The molecular formula is C14H22ClNS. The molecule has 1 aromatic carbocycles. The molecule has 17 heavy (non-hydrogen) atoms. The third-order valence-electron chi connectivity index (χ3n) is 2.82. The Kier molecular flexibility index (Phi) is 7.02. The largest absolute Gasteiger partial charge is 0.310 e. The predicted molar refractivity (Wildman–Crippen MR) is 80.0 cm³/mol. The van der Waals surface area contributed by atoms with Gasteiger partial charge in [0.05, 0.1) is 0 Å². The number of benzene rings is 1. The Hall–Kier alpha value is -0.180. The van der Waals surface area contributed by atoms with Gasteiger partial charge < -0.3 is 5.32 Å². The van der Waals surface area contributed by atoms with Gasteiger partial charge in [-0.25, -0.2) is 0 Å². The van der Waals surface area contributed by atoms with E-state index in [1.54, 1.807) is 0 Å². The monoisotopic (exact) mass is 271 g/mol. The molecular weight excluding hydrogens is 250 g/mol. The summed E-state index contributed by atoms with van der Waals surface area (Å²) in [4.78, 5) is 0. The van der Waals surface area contributed by atoms with Crippen LogP contribution in [0.4, 0.5) is 0 Å². The summed E-state index contributed by atoms with van der Waals surface area (Å²) in [5.74, 6) is 1.77. The first kappa shape index (κ1) is 14.9. The molecule has 0 radical (unpaired) electrons. The molecule has 0 fully saturated rings. The highest BCUT2D eigenvalue weighted by molar-refractivity contribution is 7.98. The van der Waals surface area contributed by atoms with Crippen molar-refractivity contribution in [3.8, 4) is 0 Å². The van der Waals surface area contributed by atoms with Gasteiger partial charge in [-0.05, 0) is 48.6 Å². The summed E-state index contributed by atoms with van der Waals surface area (Å²) in [5, 5.41) is 4.45. The molecule has 0 spiro atoms. The molecule has 0 aromatic heterocycles. The smallest absolute Gasteiger partial charge is 0.0409 e. The third-order valence-corrected chi connectivity index (χ3v) is 3.91. The second-order valence-electron chi connectivity index (χ2n) is 4.42. The highest BCUT2D eigenvalue weighted by Gasteiger charge is 2.18. The van der Waals surface area contributed by atoms with Crippen LogP contribution in [0.3, 0.4) is 0 Å². The van der Waals surface area contributed by atoms with E-state index in [1.165, 1.54) is 5.56 Å². The quantitative estimate of drug-likeness (QED) is 0.790. The highest BCUT2D eigenvalue weighted by Crippen LogP contribution is 2.26. The maximum atomic E-state index is 6.07. The van der Waals surface area contributed by atoms with Crippen molar-refractivity contribution in [1.82, 2.24) is 5.32 Å². The normalized spacial score (nSPS) is 14.6. The Bertz CT molecular complexity index is 330. The van der Waals surface area contributed by atoms with E-state index in [0.29, 0.717) is 12.0 Å². The van der Waals surface area contributed by atoms with Gasteiger partial charge in [0, 0.05) is 11.1 Å². The van der Waals surface area contributed by atoms with E-state index in [4.69, 9.17) is 11.6 Å². The van der Waals surface area contributed by atoms with Gasteiger partial charge in [0.2, 0.25) is 0 Å². The maximum absolute atomic E-state index is 6.07. The first-order valence-corrected chi connectivity index (χ1v) is 7.94. The highest BCUT2D eigenvalue weighted by atomic mass is 35.5. The molecule has 1 N–H and O–H groups in total. The first-order chi connectivity index (χ1) is 8.19. The molecule has 0 aliphatic carbocycles. The summed E-state index contributed by atoms with van der Waals surface area (Å²) in [5.41, 5.74) is 1.30. The van der Waals surface area contributed by atoms with Crippen LogP contribution in [0.1, 0.15) is 31.9 Å². The molecule has 1 nitrogen and oxygen atoms in total. The number of hydrogen-bond acceptors (Lipinski definition) is 2. The van der Waals surface area contributed by atoms with Gasteiger partial charge in [-0.2, -0.15) is 11.8 Å². The number of hydrogen-bond donors (Lipinski definition) is 1.